The van der Waals surface area contributed by atoms with Crippen molar-refractivity contribution < 1.29 is 14.2 Å². The standard InChI is InChI=1S/C16H24FNO2/c1-3-16(19,4-2)11-20-15-12(6-5-7-14(15)17)10-18-13-8-9-13/h5-7,13,18-19H,3-4,8-11H2,1-2H3. The Balaban J connectivity index is 2.04. The Bertz CT molecular complexity index is 442. The van der Waals surface area contributed by atoms with Gasteiger partial charge in [0, 0.05) is 18.2 Å². The molecule has 1 aromatic carbocycles. The molecular formula is C16H24FNO2. The highest BCUT2D eigenvalue weighted by molar-refractivity contribution is 5.35. The molecule has 0 spiro atoms. The summed E-state index contributed by atoms with van der Waals surface area (Å²) in [6.45, 7) is 4.54. The lowest BCUT2D eigenvalue weighted by Crippen LogP contribution is -2.34. The van der Waals surface area contributed by atoms with Gasteiger partial charge < -0.3 is 15.2 Å². The van der Waals surface area contributed by atoms with Crippen molar-refractivity contribution in [2.75, 3.05) is 6.61 Å². The number of para-hydroxylation sites is 1. The molecule has 0 bridgehead atoms. The van der Waals surface area contributed by atoms with Gasteiger partial charge in [-0.3, -0.25) is 0 Å². The maximum atomic E-state index is 13.9. The minimum absolute atomic E-state index is 0.122. The van der Waals surface area contributed by atoms with Crippen molar-refractivity contribution in [2.24, 2.45) is 0 Å². The zero-order valence-electron chi connectivity index (χ0n) is 12.3. The average molecular weight is 281 g/mol. The second kappa shape index (κ2) is 6.55. The van der Waals surface area contributed by atoms with Gasteiger partial charge in [0.05, 0.1) is 5.60 Å². The number of ether oxygens (including phenoxy) is 1. The Morgan fingerprint density at radius 2 is 2.05 bits per heavy atom. The van der Waals surface area contributed by atoms with E-state index in [9.17, 15) is 9.50 Å². The SMILES string of the molecule is CCC(O)(CC)COc1c(F)cccc1CNC1CC1. The van der Waals surface area contributed by atoms with E-state index in [0.717, 1.165) is 5.56 Å². The maximum absolute atomic E-state index is 13.9. The first kappa shape index (κ1) is 15.3. The van der Waals surface area contributed by atoms with Gasteiger partial charge in [-0.05, 0) is 31.7 Å². The van der Waals surface area contributed by atoms with Gasteiger partial charge in [0.15, 0.2) is 11.6 Å². The smallest absolute Gasteiger partial charge is 0.165 e. The van der Waals surface area contributed by atoms with Crippen molar-refractivity contribution in [1.29, 1.82) is 0 Å². The zero-order chi connectivity index (χ0) is 14.6. The van der Waals surface area contributed by atoms with E-state index < -0.39 is 5.60 Å². The molecular weight excluding hydrogens is 257 g/mol. The molecule has 1 saturated carbocycles. The molecule has 2 rings (SSSR count). The molecule has 112 valence electrons. The first-order valence-corrected chi connectivity index (χ1v) is 7.44. The first-order chi connectivity index (χ1) is 9.58. The number of aliphatic hydroxyl groups is 1. The maximum Gasteiger partial charge on any atom is 0.165 e. The molecule has 0 heterocycles. The Morgan fingerprint density at radius 1 is 1.35 bits per heavy atom. The van der Waals surface area contributed by atoms with E-state index in [0.29, 0.717) is 25.4 Å². The van der Waals surface area contributed by atoms with Crippen LogP contribution in [0.4, 0.5) is 4.39 Å². The third kappa shape index (κ3) is 3.93. The Hall–Kier alpha value is -1.13. The minimum atomic E-state index is -0.885. The summed E-state index contributed by atoms with van der Waals surface area (Å²) < 4.78 is 19.5. The van der Waals surface area contributed by atoms with Gasteiger partial charge in [0.1, 0.15) is 6.61 Å². The highest BCUT2D eigenvalue weighted by Gasteiger charge is 2.25. The molecule has 0 aliphatic heterocycles. The summed E-state index contributed by atoms with van der Waals surface area (Å²) in [6, 6.07) is 5.52. The molecule has 0 atom stereocenters. The predicted octanol–water partition coefficient (Wildman–Crippen LogP) is 3.01. The van der Waals surface area contributed by atoms with Crippen LogP contribution < -0.4 is 10.1 Å². The van der Waals surface area contributed by atoms with Crippen molar-refractivity contribution in [3.63, 3.8) is 0 Å². The van der Waals surface area contributed by atoms with E-state index in [-0.39, 0.29) is 18.2 Å². The number of rotatable bonds is 8. The average Bonchev–Trinajstić information content (AvgIpc) is 3.28. The van der Waals surface area contributed by atoms with E-state index >= 15 is 0 Å². The van der Waals surface area contributed by atoms with Gasteiger partial charge in [-0.25, -0.2) is 4.39 Å². The quantitative estimate of drug-likeness (QED) is 0.769. The fraction of sp³-hybridized carbons (Fsp3) is 0.625. The van der Waals surface area contributed by atoms with Gasteiger partial charge in [-0.1, -0.05) is 26.0 Å². The van der Waals surface area contributed by atoms with Crippen LogP contribution in [0.5, 0.6) is 5.75 Å². The molecule has 4 heteroatoms. The van der Waals surface area contributed by atoms with Gasteiger partial charge in [0.2, 0.25) is 0 Å². The molecule has 1 aromatic rings. The number of hydrogen-bond acceptors (Lipinski definition) is 3. The summed E-state index contributed by atoms with van der Waals surface area (Å²) in [6.07, 6.45) is 3.56. The summed E-state index contributed by atoms with van der Waals surface area (Å²) in [5, 5.41) is 13.6. The Labute approximate surface area is 120 Å². The van der Waals surface area contributed by atoms with Gasteiger partial charge in [-0.15, -0.1) is 0 Å². The Morgan fingerprint density at radius 3 is 2.65 bits per heavy atom. The van der Waals surface area contributed by atoms with Gasteiger partial charge in [0.25, 0.3) is 0 Å². The summed E-state index contributed by atoms with van der Waals surface area (Å²) in [5.74, 6) is -0.101. The van der Waals surface area contributed by atoms with Crippen LogP contribution in [-0.4, -0.2) is 23.4 Å². The Kier molecular flexibility index (Phi) is 5.00. The lowest BCUT2D eigenvalue weighted by Gasteiger charge is -2.26. The lowest BCUT2D eigenvalue weighted by molar-refractivity contribution is -0.0126. The molecule has 1 aliphatic carbocycles. The van der Waals surface area contributed by atoms with E-state index in [1.54, 1.807) is 6.07 Å². The lowest BCUT2D eigenvalue weighted by atomic mass is 9.99. The molecule has 2 N–H and O–H groups in total. The number of nitrogens with one attached hydrogen (secondary N) is 1. The van der Waals surface area contributed by atoms with Crippen LogP contribution in [0.3, 0.4) is 0 Å². The largest absolute Gasteiger partial charge is 0.487 e. The predicted molar refractivity (Wildman–Crippen MR) is 77.3 cm³/mol. The fourth-order valence-corrected chi connectivity index (χ4v) is 2.06. The van der Waals surface area contributed by atoms with E-state index in [1.807, 2.05) is 19.9 Å². The van der Waals surface area contributed by atoms with Crippen molar-refractivity contribution in [3.8, 4) is 5.75 Å². The normalized spacial score (nSPS) is 15.4. The molecule has 0 radical (unpaired) electrons. The second-order valence-electron chi connectivity index (χ2n) is 5.60. The highest BCUT2D eigenvalue weighted by atomic mass is 19.1. The second-order valence-corrected chi connectivity index (χ2v) is 5.60. The molecule has 1 aliphatic rings. The fourth-order valence-electron chi connectivity index (χ4n) is 2.06. The third-order valence-electron chi connectivity index (χ3n) is 4.01. The molecule has 20 heavy (non-hydrogen) atoms. The first-order valence-electron chi connectivity index (χ1n) is 7.44. The van der Waals surface area contributed by atoms with E-state index in [1.165, 1.54) is 18.9 Å². The van der Waals surface area contributed by atoms with Crippen molar-refractivity contribution >= 4 is 0 Å². The zero-order valence-corrected chi connectivity index (χ0v) is 12.3. The number of halogens is 1. The summed E-state index contributed by atoms with van der Waals surface area (Å²) in [7, 11) is 0. The molecule has 0 unspecified atom stereocenters. The van der Waals surface area contributed by atoms with Crippen molar-refractivity contribution in [1.82, 2.24) is 5.32 Å². The third-order valence-corrected chi connectivity index (χ3v) is 4.01. The van der Waals surface area contributed by atoms with Crippen LogP contribution in [0.25, 0.3) is 0 Å². The highest BCUT2D eigenvalue weighted by Crippen LogP contribution is 2.27. The van der Waals surface area contributed by atoms with Crippen LogP contribution in [0, 0.1) is 5.82 Å². The van der Waals surface area contributed by atoms with Crippen LogP contribution >= 0.6 is 0 Å². The molecule has 0 aromatic heterocycles. The van der Waals surface area contributed by atoms with Crippen molar-refractivity contribution in [2.45, 2.75) is 57.7 Å². The van der Waals surface area contributed by atoms with Crippen molar-refractivity contribution in [3.05, 3.63) is 29.6 Å². The molecule has 0 saturated heterocycles. The van der Waals surface area contributed by atoms with E-state index in [4.69, 9.17) is 4.74 Å². The number of benzene rings is 1. The monoisotopic (exact) mass is 281 g/mol. The number of hydrogen-bond donors (Lipinski definition) is 2. The summed E-state index contributed by atoms with van der Waals surface area (Å²) >= 11 is 0. The summed E-state index contributed by atoms with van der Waals surface area (Å²) in [5.41, 5.74) is -0.0739. The molecule has 0 amide bonds. The minimum Gasteiger partial charge on any atom is -0.487 e. The molecule has 1 fully saturated rings. The van der Waals surface area contributed by atoms with E-state index in [2.05, 4.69) is 5.32 Å². The summed E-state index contributed by atoms with van der Waals surface area (Å²) in [4.78, 5) is 0. The van der Waals surface area contributed by atoms with Gasteiger partial charge in [-0.2, -0.15) is 0 Å². The topological polar surface area (TPSA) is 41.5 Å². The van der Waals surface area contributed by atoms with Crippen LogP contribution in [0.1, 0.15) is 45.1 Å². The molecule has 3 nitrogen and oxygen atoms in total. The van der Waals surface area contributed by atoms with Gasteiger partial charge >= 0.3 is 0 Å². The van der Waals surface area contributed by atoms with Crippen LogP contribution in [0.2, 0.25) is 0 Å². The van der Waals surface area contributed by atoms with Crippen LogP contribution in [-0.2, 0) is 6.54 Å². The van der Waals surface area contributed by atoms with Crippen LogP contribution in [0.15, 0.2) is 18.2 Å².